The first-order chi connectivity index (χ1) is 14.0. The third-order valence-electron chi connectivity index (χ3n) is 5.63. The molecule has 0 spiro atoms. The quantitative estimate of drug-likeness (QED) is 0.761. The van der Waals surface area contributed by atoms with Crippen LogP contribution in [-0.4, -0.2) is 50.4 Å². The Balaban J connectivity index is 2.08. The fraction of sp³-hybridized carbons (Fsp3) is 0.435. The molecular formula is C23H29NO5. The van der Waals surface area contributed by atoms with Gasteiger partial charge in [-0.2, -0.15) is 0 Å². The van der Waals surface area contributed by atoms with Gasteiger partial charge >= 0.3 is 5.97 Å². The number of rotatable bonds is 7. The average molecular weight is 399 g/mol. The first-order valence-corrected chi connectivity index (χ1v) is 9.81. The van der Waals surface area contributed by atoms with Crippen molar-refractivity contribution in [2.45, 2.75) is 25.8 Å². The van der Waals surface area contributed by atoms with E-state index in [9.17, 15) is 9.90 Å². The van der Waals surface area contributed by atoms with E-state index in [1.54, 1.807) is 21.3 Å². The summed E-state index contributed by atoms with van der Waals surface area (Å²) in [5, 5.41) is 9.37. The van der Waals surface area contributed by atoms with Gasteiger partial charge in [-0.15, -0.1) is 0 Å². The second-order valence-electron chi connectivity index (χ2n) is 7.41. The lowest BCUT2D eigenvalue weighted by atomic mass is 9.90. The van der Waals surface area contributed by atoms with E-state index in [0.717, 1.165) is 16.9 Å². The molecule has 0 amide bonds. The molecule has 6 nitrogen and oxygen atoms in total. The van der Waals surface area contributed by atoms with Crippen LogP contribution in [0.5, 0.6) is 17.2 Å². The number of carbonyl (C=O) groups is 1. The number of benzene rings is 2. The molecule has 156 valence electrons. The third kappa shape index (κ3) is 4.48. The van der Waals surface area contributed by atoms with Crippen LogP contribution in [0.4, 0.5) is 0 Å². The van der Waals surface area contributed by atoms with Crippen molar-refractivity contribution in [2.24, 2.45) is 5.92 Å². The topological polar surface area (TPSA) is 68.2 Å². The Morgan fingerprint density at radius 3 is 2.17 bits per heavy atom. The minimum Gasteiger partial charge on any atom is -0.496 e. The Bertz CT molecular complexity index is 858. The minimum absolute atomic E-state index is 0.0700. The Hall–Kier alpha value is -2.73. The summed E-state index contributed by atoms with van der Waals surface area (Å²) >= 11 is 0. The molecule has 1 N–H and O–H groups in total. The van der Waals surface area contributed by atoms with Crippen LogP contribution in [0, 0.1) is 12.8 Å². The molecule has 0 aromatic heterocycles. The molecule has 3 rings (SSSR count). The maximum Gasteiger partial charge on any atom is 0.306 e. The van der Waals surface area contributed by atoms with Gasteiger partial charge in [0.25, 0.3) is 0 Å². The number of piperidine rings is 1. The fourth-order valence-corrected chi connectivity index (χ4v) is 4.10. The number of aryl methyl sites for hydroxylation is 1. The SMILES string of the molecule is COc1cc(OC)c(C(c2cccc(C)c2)N2CCC(C(=O)O)CC2)cc1OC. The van der Waals surface area contributed by atoms with Gasteiger partial charge in [0.15, 0.2) is 11.5 Å². The Morgan fingerprint density at radius 2 is 1.62 bits per heavy atom. The molecular weight excluding hydrogens is 370 g/mol. The van der Waals surface area contributed by atoms with Gasteiger partial charge in [-0.05, 0) is 44.5 Å². The number of nitrogens with zero attached hydrogens (tertiary/aromatic N) is 1. The van der Waals surface area contributed by atoms with Gasteiger partial charge in [0.05, 0.1) is 33.3 Å². The summed E-state index contributed by atoms with van der Waals surface area (Å²) in [7, 11) is 4.87. The van der Waals surface area contributed by atoms with E-state index in [2.05, 4.69) is 36.1 Å². The van der Waals surface area contributed by atoms with Crippen LogP contribution < -0.4 is 14.2 Å². The van der Waals surface area contributed by atoms with Gasteiger partial charge in [-0.25, -0.2) is 0 Å². The predicted molar refractivity (Wildman–Crippen MR) is 111 cm³/mol. The number of likely N-dealkylation sites (tertiary alicyclic amines) is 1. The summed E-state index contributed by atoms with van der Waals surface area (Å²) in [6.07, 6.45) is 1.26. The summed E-state index contributed by atoms with van der Waals surface area (Å²) in [6, 6.07) is 12.1. The Morgan fingerprint density at radius 1 is 1.00 bits per heavy atom. The number of methoxy groups -OCH3 is 3. The van der Waals surface area contributed by atoms with Gasteiger partial charge in [-0.3, -0.25) is 9.69 Å². The maximum atomic E-state index is 11.4. The molecule has 2 aromatic carbocycles. The predicted octanol–water partition coefficient (Wildman–Crippen LogP) is 3.91. The first-order valence-electron chi connectivity index (χ1n) is 9.81. The normalized spacial score (nSPS) is 16.3. The van der Waals surface area contributed by atoms with Crippen molar-refractivity contribution in [1.29, 1.82) is 0 Å². The van der Waals surface area contributed by atoms with Crippen LogP contribution in [-0.2, 0) is 4.79 Å². The second kappa shape index (κ2) is 9.18. The highest BCUT2D eigenvalue weighted by Gasteiger charge is 2.32. The van der Waals surface area contributed by atoms with Crippen LogP contribution in [0.1, 0.15) is 35.6 Å². The van der Waals surface area contributed by atoms with Crippen molar-refractivity contribution in [2.75, 3.05) is 34.4 Å². The summed E-state index contributed by atoms with van der Waals surface area (Å²) in [6.45, 7) is 3.48. The minimum atomic E-state index is -0.708. The largest absolute Gasteiger partial charge is 0.496 e. The van der Waals surface area contributed by atoms with Crippen LogP contribution in [0.3, 0.4) is 0 Å². The molecule has 1 saturated heterocycles. The molecule has 1 aliphatic heterocycles. The van der Waals surface area contributed by atoms with Crippen molar-refractivity contribution in [1.82, 2.24) is 4.90 Å². The molecule has 1 unspecified atom stereocenters. The van der Waals surface area contributed by atoms with E-state index in [-0.39, 0.29) is 12.0 Å². The number of carboxylic acid groups (broad SMARTS) is 1. The molecule has 2 aromatic rings. The molecule has 0 bridgehead atoms. The van der Waals surface area contributed by atoms with Gasteiger partial charge in [0.1, 0.15) is 5.75 Å². The summed E-state index contributed by atoms with van der Waals surface area (Å²) in [5.41, 5.74) is 3.29. The lowest BCUT2D eigenvalue weighted by molar-refractivity contribution is -0.143. The number of aliphatic carboxylic acids is 1. The zero-order valence-corrected chi connectivity index (χ0v) is 17.5. The van der Waals surface area contributed by atoms with Crippen molar-refractivity contribution < 1.29 is 24.1 Å². The van der Waals surface area contributed by atoms with Crippen LogP contribution >= 0.6 is 0 Å². The van der Waals surface area contributed by atoms with Crippen molar-refractivity contribution in [3.8, 4) is 17.2 Å². The molecule has 0 saturated carbocycles. The highest BCUT2D eigenvalue weighted by molar-refractivity contribution is 5.70. The molecule has 6 heteroatoms. The summed E-state index contributed by atoms with van der Waals surface area (Å²) in [4.78, 5) is 13.7. The van der Waals surface area contributed by atoms with E-state index >= 15 is 0 Å². The highest BCUT2D eigenvalue weighted by atomic mass is 16.5. The van der Waals surface area contributed by atoms with Crippen LogP contribution in [0.25, 0.3) is 0 Å². The molecule has 1 atom stereocenters. The lowest BCUT2D eigenvalue weighted by Crippen LogP contribution is -2.39. The second-order valence-corrected chi connectivity index (χ2v) is 7.41. The zero-order valence-electron chi connectivity index (χ0n) is 17.5. The van der Waals surface area contributed by atoms with E-state index in [1.807, 2.05) is 12.1 Å². The standard InChI is InChI=1S/C23H29NO5/c1-15-6-5-7-17(12-15)22(24-10-8-16(9-11-24)23(25)26)18-13-20(28-3)21(29-4)14-19(18)27-2/h5-7,12-14,16,22H,8-11H2,1-4H3,(H,25,26). The number of hydrogen-bond donors (Lipinski definition) is 1. The number of hydrogen-bond acceptors (Lipinski definition) is 5. The van der Waals surface area contributed by atoms with Gasteiger partial charge < -0.3 is 19.3 Å². The van der Waals surface area contributed by atoms with E-state index in [4.69, 9.17) is 14.2 Å². The smallest absolute Gasteiger partial charge is 0.306 e. The van der Waals surface area contributed by atoms with Gasteiger partial charge in [0.2, 0.25) is 0 Å². The molecule has 0 radical (unpaired) electrons. The number of carboxylic acids is 1. The summed E-state index contributed by atoms with van der Waals surface area (Å²) in [5.74, 6) is 0.980. The van der Waals surface area contributed by atoms with E-state index in [0.29, 0.717) is 37.4 Å². The lowest BCUT2D eigenvalue weighted by Gasteiger charge is -2.37. The highest BCUT2D eigenvalue weighted by Crippen LogP contribution is 2.42. The van der Waals surface area contributed by atoms with E-state index < -0.39 is 5.97 Å². The van der Waals surface area contributed by atoms with Crippen LogP contribution in [0.15, 0.2) is 36.4 Å². The summed E-state index contributed by atoms with van der Waals surface area (Å²) < 4.78 is 16.7. The molecule has 1 fully saturated rings. The van der Waals surface area contributed by atoms with E-state index in [1.165, 1.54) is 5.56 Å². The monoisotopic (exact) mass is 399 g/mol. The van der Waals surface area contributed by atoms with Crippen molar-refractivity contribution >= 4 is 5.97 Å². The molecule has 1 heterocycles. The fourth-order valence-electron chi connectivity index (χ4n) is 4.10. The van der Waals surface area contributed by atoms with Crippen LogP contribution in [0.2, 0.25) is 0 Å². The molecule has 29 heavy (non-hydrogen) atoms. The van der Waals surface area contributed by atoms with Gasteiger partial charge in [-0.1, -0.05) is 29.8 Å². The maximum absolute atomic E-state index is 11.4. The molecule has 1 aliphatic rings. The number of ether oxygens (including phenoxy) is 3. The Labute approximate surface area is 172 Å². The van der Waals surface area contributed by atoms with Gasteiger partial charge in [0, 0.05) is 11.6 Å². The first kappa shape index (κ1) is 21.0. The molecule has 0 aliphatic carbocycles. The third-order valence-corrected chi connectivity index (χ3v) is 5.63. The van der Waals surface area contributed by atoms with Crippen molar-refractivity contribution in [3.63, 3.8) is 0 Å². The van der Waals surface area contributed by atoms with Crippen molar-refractivity contribution in [3.05, 3.63) is 53.1 Å². The zero-order chi connectivity index (χ0) is 21.0. The Kier molecular flexibility index (Phi) is 6.64. The average Bonchev–Trinajstić information content (AvgIpc) is 2.74.